The van der Waals surface area contributed by atoms with E-state index >= 15 is 0 Å². The van der Waals surface area contributed by atoms with E-state index < -0.39 is 0 Å². The van der Waals surface area contributed by atoms with Crippen LogP contribution in [-0.4, -0.2) is 48.2 Å². The predicted molar refractivity (Wildman–Crippen MR) is 61.7 cm³/mol. The molecule has 0 heterocycles. The number of hydrogen-bond donors (Lipinski definition) is 2. The van der Waals surface area contributed by atoms with Crippen molar-refractivity contribution in [3.63, 3.8) is 0 Å². The van der Waals surface area contributed by atoms with Crippen LogP contribution in [0.4, 0.5) is 0 Å². The van der Waals surface area contributed by atoms with Gasteiger partial charge in [0.15, 0.2) is 0 Å². The van der Waals surface area contributed by atoms with Gasteiger partial charge in [0, 0.05) is 18.7 Å². The number of rotatable bonds is 7. The first-order valence-corrected chi connectivity index (χ1v) is 5.61. The van der Waals surface area contributed by atoms with Crippen LogP contribution in [0.15, 0.2) is 0 Å². The van der Waals surface area contributed by atoms with Crippen LogP contribution >= 0.6 is 0 Å². The fraction of sp³-hybridized carbons (Fsp3) is 0.909. The van der Waals surface area contributed by atoms with E-state index in [4.69, 9.17) is 5.11 Å². The molecule has 0 aliphatic heterocycles. The maximum absolute atomic E-state index is 11.6. The Kier molecular flexibility index (Phi) is 7.34. The maximum atomic E-state index is 11.6. The first-order valence-electron chi connectivity index (χ1n) is 5.61. The van der Waals surface area contributed by atoms with Gasteiger partial charge in [0.05, 0.1) is 6.54 Å². The number of likely N-dealkylation sites (N-methyl/N-ethyl adjacent to an activating group) is 1. The molecule has 0 spiro atoms. The summed E-state index contributed by atoms with van der Waals surface area (Å²) in [7, 11) is 1.93. The Morgan fingerprint density at radius 3 is 2.47 bits per heavy atom. The minimum Gasteiger partial charge on any atom is -0.396 e. The van der Waals surface area contributed by atoms with Crippen molar-refractivity contribution >= 4 is 5.91 Å². The van der Waals surface area contributed by atoms with Crippen LogP contribution in [0.5, 0.6) is 0 Å². The monoisotopic (exact) mass is 216 g/mol. The van der Waals surface area contributed by atoms with Gasteiger partial charge in [0.25, 0.3) is 0 Å². The molecule has 1 amide bonds. The van der Waals surface area contributed by atoms with Crippen molar-refractivity contribution in [2.75, 3.05) is 20.2 Å². The van der Waals surface area contributed by atoms with Crippen LogP contribution < -0.4 is 5.32 Å². The summed E-state index contributed by atoms with van der Waals surface area (Å²) in [5.74, 6) is 0.0338. The third-order valence-corrected chi connectivity index (χ3v) is 2.61. The summed E-state index contributed by atoms with van der Waals surface area (Å²) in [5.41, 5.74) is 0. The smallest absolute Gasteiger partial charge is 0.234 e. The highest BCUT2D eigenvalue weighted by atomic mass is 16.3. The number of aliphatic hydroxyl groups excluding tert-OH is 1. The zero-order valence-corrected chi connectivity index (χ0v) is 10.3. The lowest BCUT2D eigenvalue weighted by Crippen LogP contribution is -2.42. The van der Waals surface area contributed by atoms with Gasteiger partial charge in [-0.1, -0.05) is 6.92 Å². The summed E-state index contributed by atoms with van der Waals surface area (Å²) in [4.78, 5) is 13.6. The van der Waals surface area contributed by atoms with E-state index in [1.165, 1.54) is 0 Å². The van der Waals surface area contributed by atoms with Crippen LogP contribution in [0.2, 0.25) is 0 Å². The van der Waals surface area contributed by atoms with E-state index in [9.17, 15) is 4.79 Å². The number of nitrogens with zero attached hydrogens (tertiary/aromatic N) is 1. The van der Waals surface area contributed by atoms with Crippen molar-refractivity contribution < 1.29 is 9.90 Å². The van der Waals surface area contributed by atoms with Crippen LogP contribution in [-0.2, 0) is 4.79 Å². The van der Waals surface area contributed by atoms with Crippen molar-refractivity contribution in [3.8, 4) is 0 Å². The zero-order valence-electron chi connectivity index (χ0n) is 10.3. The van der Waals surface area contributed by atoms with Gasteiger partial charge >= 0.3 is 0 Å². The van der Waals surface area contributed by atoms with E-state index in [-0.39, 0.29) is 18.6 Å². The summed E-state index contributed by atoms with van der Waals surface area (Å²) in [6.45, 7) is 6.65. The molecule has 0 fully saturated rings. The van der Waals surface area contributed by atoms with Gasteiger partial charge in [-0.15, -0.1) is 0 Å². The van der Waals surface area contributed by atoms with Crippen molar-refractivity contribution in [3.05, 3.63) is 0 Å². The van der Waals surface area contributed by atoms with Crippen LogP contribution in [0.25, 0.3) is 0 Å². The second-order valence-corrected chi connectivity index (χ2v) is 4.19. The Labute approximate surface area is 92.7 Å². The lowest BCUT2D eigenvalue weighted by atomic mass is 10.1. The lowest BCUT2D eigenvalue weighted by Gasteiger charge is -2.22. The quantitative estimate of drug-likeness (QED) is 0.655. The molecule has 1 atom stereocenters. The lowest BCUT2D eigenvalue weighted by molar-refractivity contribution is -0.123. The molecule has 0 aromatic heterocycles. The molecule has 4 nitrogen and oxygen atoms in total. The van der Waals surface area contributed by atoms with Crippen LogP contribution in [0.1, 0.15) is 33.6 Å². The highest BCUT2D eigenvalue weighted by Crippen LogP contribution is 1.98. The fourth-order valence-corrected chi connectivity index (χ4v) is 1.22. The molecule has 15 heavy (non-hydrogen) atoms. The average Bonchev–Trinajstić information content (AvgIpc) is 2.16. The van der Waals surface area contributed by atoms with Gasteiger partial charge in [0.2, 0.25) is 5.91 Å². The van der Waals surface area contributed by atoms with E-state index in [1.54, 1.807) is 0 Å². The van der Waals surface area contributed by atoms with Gasteiger partial charge < -0.3 is 10.4 Å². The Balaban J connectivity index is 3.90. The summed E-state index contributed by atoms with van der Waals surface area (Å²) in [6, 6.07) is 0.469. The second-order valence-electron chi connectivity index (χ2n) is 4.19. The number of nitrogens with one attached hydrogen (secondary N) is 1. The summed E-state index contributed by atoms with van der Waals surface area (Å²) in [5, 5.41) is 11.7. The highest BCUT2D eigenvalue weighted by molar-refractivity contribution is 5.78. The molecular weight excluding hydrogens is 192 g/mol. The van der Waals surface area contributed by atoms with Gasteiger partial charge in [0.1, 0.15) is 0 Å². The fourth-order valence-electron chi connectivity index (χ4n) is 1.22. The van der Waals surface area contributed by atoms with Crippen molar-refractivity contribution in [2.45, 2.75) is 45.7 Å². The molecular formula is C11H24N2O2. The average molecular weight is 216 g/mol. The van der Waals surface area contributed by atoms with Gasteiger partial charge in [-0.2, -0.15) is 0 Å². The summed E-state index contributed by atoms with van der Waals surface area (Å²) >= 11 is 0. The number of hydrogen-bond acceptors (Lipinski definition) is 3. The third-order valence-electron chi connectivity index (χ3n) is 2.61. The normalized spacial score (nSPS) is 13.3. The topological polar surface area (TPSA) is 52.6 Å². The number of carbonyl (C=O) groups is 1. The Hall–Kier alpha value is -0.610. The molecule has 1 unspecified atom stereocenters. The largest absolute Gasteiger partial charge is 0.396 e. The molecule has 0 aliphatic rings. The molecule has 0 bridgehead atoms. The van der Waals surface area contributed by atoms with Crippen molar-refractivity contribution in [1.82, 2.24) is 10.2 Å². The third kappa shape index (κ3) is 6.47. The number of amides is 1. The van der Waals surface area contributed by atoms with Crippen molar-refractivity contribution in [1.29, 1.82) is 0 Å². The molecule has 90 valence electrons. The number of carbonyl (C=O) groups excluding carboxylic acids is 1. The first kappa shape index (κ1) is 14.4. The molecule has 0 aromatic rings. The molecule has 4 heteroatoms. The predicted octanol–water partition coefficient (Wildman–Crippen LogP) is 0.604. The van der Waals surface area contributed by atoms with Crippen LogP contribution in [0, 0.1) is 0 Å². The Morgan fingerprint density at radius 1 is 1.47 bits per heavy atom. The van der Waals surface area contributed by atoms with Gasteiger partial charge in [-0.3, -0.25) is 9.69 Å². The van der Waals surface area contributed by atoms with Gasteiger partial charge in [-0.25, -0.2) is 0 Å². The summed E-state index contributed by atoms with van der Waals surface area (Å²) in [6.07, 6.45) is 1.49. The zero-order chi connectivity index (χ0) is 11.8. The Morgan fingerprint density at radius 2 is 2.07 bits per heavy atom. The van der Waals surface area contributed by atoms with Gasteiger partial charge in [-0.05, 0) is 33.7 Å². The minimum atomic E-state index is 0.0338. The van der Waals surface area contributed by atoms with E-state index in [0.717, 1.165) is 6.42 Å². The molecule has 0 aromatic carbocycles. The molecule has 0 aliphatic carbocycles. The van der Waals surface area contributed by atoms with E-state index in [1.807, 2.05) is 18.9 Å². The van der Waals surface area contributed by atoms with E-state index in [2.05, 4.69) is 19.2 Å². The molecule has 0 rings (SSSR count). The minimum absolute atomic E-state index is 0.0338. The SMILES string of the molecule is CCC(CCO)NC(=O)CN(C)C(C)C. The standard InChI is InChI=1S/C11H24N2O2/c1-5-10(6-7-14)12-11(15)8-13(4)9(2)3/h9-10,14H,5-8H2,1-4H3,(H,12,15). The number of aliphatic hydroxyl groups is 1. The molecule has 2 N–H and O–H groups in total. The summed E-state index contributed by atoms with van der Waals surface area (Å²) < 4.78 is 0. The van der Waals surface area contributed by atoms with Crippen LogP contribution in [0.3, 0.4) is 0 Å². The van der Waals surface area contributed by atoms with E-state index in [0.29, 0.717) is 19.0 Å². The second kappa shape index (κ2) is 7.65. The molecule has 0 radical (unpaired) electrons. The maximum Gasteiger partial charge on any atom is 0.234 e. The van der Waals surface area contributed by atoms with Crippen molar-refractivity contribution in [2.24, 2.45) is 0 Å². The molecule has 0 saturated carbocycles. The first-order chi connectivity index (χ1) is 7.01. The Bertz CT molecular complexity index is 183. The molecule has 0 saturated heterocycles. The highest BCUT2D eigenvalue weighted by Gasteiger charge is 2.12.